The molecule has 0 radical (unpaired) electrons. The summed E-state index contributed by atoms with van der Waals surface area (Å²) in [7, 11) is 1.54. The van der Waals surface area contributed by atoms with E-state index in [0.717, 1.165) is 0 Å². The van der Waals surface area contributed by atoms with Gasteiger partial charge < -0.3 is 4.74 Å². The second kappa shape index (κ2) is 5.67. The van der Waals surface area contributed by atoms with E-state index in [1.54, 1.807) is 12.1 Å². The zero-order valence-corrected chi connectivity index (χ0v) is 11.7. The van der Waals surface area contributed by atoms with Crippen molar-refractivity contribution in [3.05, 3.63) is 29.6 Å². The molecule has 2 atom stereocenters. The van der Waals surface area contributed by atoms with Gasteiger partial charge in [0.15, 0.2) is 0 Å². The lowest BCUT2D eigenvalue weighted by Crippen LogP contribution is -2.11. The van der Waals surface area contributed by atoms with E-state index in [-0.39, 0.29) is 10.6 Å². The molecule has 0 aliphatic carbocycles. The van der Waals surface area contributed by atoms with Gasteiger partial charge in [-0.25, -0.2) is 4.39 Å². The van der Waals surface area contributed by atoms with Crippen molar-refractivity contribution in [1.82, 2.24) is 0 Å². The van der Waals surface area contributed by atoms with Crippen molar-refractivity contribution in [3.63, 3.8) is 0 Å². The summed E-state index contributed by atoms with van der Waals surface area (Å²) in [4.78, 5) is 0.0402. The normalized spacial score (nSPS) is 14.9. The van der Waals surface area contributed by atoms with Gasteiger partial charge in [-0.05, 0) is 17.9 Å². The molecular weight excluding hydrogens is 271 g/mol. The Labute approximate surface area is 105 Å². The minimum Gasteiger partial charge on any atom is -0.497 e. The lowest BCUT2D eigenvalue weighted by atomic mass is 9.91. The molecule has 1 aromatic carbocycles. The molecule has 2 unspecified atom stereocenters. The fourth-order valence-corrected chi connectivity index (χ4v) is 2.46. The number of hydrogen-bond donors (Lipinski definition) is 0. The Kier molecular flexibility index (Phi) is 4.78. The molecule has 0 amide bonds. The minimum absolute atomic E-state index is 0.0402. The largest absolute Gasteiger partial charge is 0.497 e. The van der Waals surface area contributed by atoms with Crippen molar-refractivity contribution in [2.45, 2.75) is 25.6 Å². The van der Waals surface area contributed by atoms with Crippen molar-refractivity contribution >= 4 is 15.9 Å². The maximum absolute atomic E-state index is 13.8. The van der Waals surface area contributed by atoms with Crippen molar-refractivity contribution in [3.8, 4) is 5.75 Å². The molecule has 0 aromatic heterocycles. The van der Waals surface area contributed by atoms with Gasteiger partial charge in [0.1, 0.15) is 11.6 Å². The van der Waals surface area contributed by atoms with Gasteiger partial charge in [0.2, 0.25) is 0 Å². The number of ether oxygens (including phenoxy) is 1. The van der Waals surface area contributed by atoms with Crippen LogP contribution in [0.2, 0.25) is 0 Å². The Morgan fingerprint density at radius 3 is 2.31 bits per heavy atom. The Balaban J connectivity index is 2.96. The quantitative estimate of drug-likeness (QED) is 0.738. The predicted molar refractivity (Wildman–Crippen MR) is 68.6 cm³/mol. The van der Waals surface area contributed by atoms with Crippen LogP contribution < -0.4 is 4.74 Å². The number of alkyl halides is 1. The van der Waals surface area contributed by atoms with Crippen LogP contribution in [0.1, 0.15) is 31.2 Å². The summed E-state index contributed by atoms with van der Waals surface area (Å²) in [5.74, 6) is 1.22. The third-order valence-corrected chi connectivity index (χ3v) is 4.35. The van der Waals surface area contributed by atoms with Gasteiger partial charge in [0.25, 0.3) is 0 Å². The second-order valence-corrected chi connectivity index (χ2v) is 5.38. The summed E-state index contributed by atoms with van der Waals surface area (Å²) < 4.78 is 18.8. The van der Waals surface area contributed by atoms with E-state index >= 15 is 0 Å². The van der Waals surface area contributed by atoms with Crippen LogP contribution in [-0.2, 0) is 0 Å². The number of hydrogen-bond acceptors (Lipinski definition) is 1. The van der Waals surface area contributed by atoms with Gasteiger partial charge in [-0.15, -0.1) is 0 Å². The van der Waals surface area contributed by atoms with Crippen LogP contribution in [0.3, 0.4) is 0 Å². The van der Waals surface area contributed by atoms with Crippen LogP contribution in [0.15, 0.2) is 18.2 Å². The van der Waals surface area contributed by atoms with Gasteiger partial charge in [-0.2, -0.15) is 0 Å². The van der Waals surface area contributed by atoms with E-state index in [9.17, 15) is 4.39 Å². The summed E-state index contributed by atoms with van der Waals surface area (Å²) in [6, 6.07) is 5.00. The molecule has 90 valence electrons. The summed E-state index contributed by atoms with van der Waals surface area (Å²) in [5, 5.41) is 0. The van der Waals surface area contributed by atoms with Crippen molar-refractivity contribution in [2.75, 3.05) is 7.11 Å². The molecule has 0 heterocycles. The van der Waals surface area contributed by atoms with Crippen LogP contribution in [-0.4, -0.2) is 7.11 Å². The zero-order chi connectivity index (χ0) is 12.3. The molecule has 1 rings (SSSR count). The van der Waals surface area contributed by atoms with Gasteiger partial charge in [0, 0.05) is 16.5 Å². The fraction of sp³-hybridized carbons (Fsp3) is 0.538. The van der Waals surface area contributed by atoms with Crippen LogP contribution in [0.5, 0.6) is 5.75 Å². The number of benzene rings is 1. The molecule has 0 aliphatic heterocycles. The predicted octanol–water partition coefficient (Wildman–Crippen LogP) is 4.56. The highest BCUT2D eigenvalue weighted by Gasteiger charge is 2.22. The summed E-state index contributed by atoms with van der Waals surface area (Å²) >= 11 is 3.57. The third kappa shape index (κ3) is 2.97. The molecule has 0 N–H and O–H groups in total. The SMILES string of the molecule is COc1ccc(C(Br)C(C)C(C)C)c(F)c1. The summed E-state index contributed by atoms with van der Waals surface area (Å²) in [5.41, 5.74) is 0.696. The topological polar surface area (TPSA) is 9.23 Å². The molecule has 16 heavy (non-hydrogen) atoms. The van der Waals surface area contributed by atoms with E-state index in [1.807, 2.05) is 0 Å². The molecule has 0 bridgehead atoms. The van der Waals surface area contributed by atoms with Crippen LogP contribution >= 0.6 is 15.9 Å². The smallest absolute Gasteiger partial charge is 0.131 e. The molecule has 0 saturated heterocycles. The first-order valence-corrected chi connectivity index (χ1v) is 6.36. The van der Waals surface area contributed by atoms with Gasteiger partial charge >= 0.3 is 0 Å². The number of halogens is 2. The van der Waals surface area contributed by atoms with Gasteiger partial charge in [0.05, 0.1) is 7.11 Å². The molecule has 0 spiro atoms. The van der Waals surface area contributed by atoms with E-state index in [4.69, 9.17) is 4.74 Å². The van der Waals surface area contributed by atoms with Crippen LogP contribution in [0.25, 0.3) is 0 Å². The number of rotatable bonds is 4. The Morgan fingerprint density at radius 2 is 1.88 bits per heavy atom. The van der Waals surface area contributed by atoms with Gasteiger partial charge in [-0.1, -0.05) is 42.8 Å². The zero-order valence-electron chi connectivity index (χ0n) is 10.1. The lowest BCUT2D eigenvalue weighted by molar-refractivity contribution is 0.399. The molecular formula is C13H18BrFO. The van der Waals surface area contributed by atoms with E-state index < -0.39 is 0 Å². The molecule has 0 fully saturated rings. The first kappa shape index (κ1) is 13.5. The Morgan fingerprint density at radius 1 is 1.25 bits per heavy atom. The van der Waals surface area contributed by atoms with Crippen molar-refractivity contribution < 1.29 is 9.13 Å². The second-order valence-electron chi connectivity index (χ2n) is 4.39. The molecule has 0 aliphatic rings. The Hall–Kier alpha value is -0.570. The van der Waals surface area contributed by atoms with E-state index in [0.29, 0.717) is 23.1 Å². The van der Waals surface area contributed by atoms with E-state index in [1.165, 1.54) is 13.2 Å². The van der Waals surface area contributed by atoms with Crippen LogP contribution in [0, 0.1) is 17.7 Å². The lowest BCUT2D eigenvalue weighted by Gasteiger charge is -2.22. The first-order valence-electron chi connectivity index (χ1n) is 5.44. The fourth-order valence-electron chi connectivity index (χ4n) is 1.48. The summed E-state index contributed by atoms with van der Waals surface area (Å²) in [6.07, 6.45) is 0. The highest BCUT2D eigenvalue weighted by atomic mass is 79.9. The average Bonchev–Trinajstić information content (AvgIpc) is 2.26. The average molecular weight is 289 g/mol. The molecule has 3 heteroatoms. The summed E-state index contributed by atoms with van der Waals surface area (Å²) in [6.45, 7) is 6.40. The highest BCUT2D eigenvalue weighted by molar-refractivity contribution is 9.09. The molecule has 1 nitrogen and oxygen atoms in total. The molecule has 0 saturated carbocycles. The van der Waals surface area contributed by atoms with Crippen molar-refractivity contribution in [2.24, 2.45) is 11.8 Å². The third-order valence-electron chi connectivity index (χ3n) is 3.02. The van der Waals surface area contributed by atoms with Crippen molar-refractivity contribution in [1.29, 1.82) is 0 Å². The standard InChI is InChI=1S/C13H18BrFO/c1-8(2)9(3)13(14)11-6-5-10(16-4)7-12(11)15/h5-9,13H,1-4H3. The maximum Gasteiger partial charge on any atom is 0.131 e. The Bertz CT molecular complexity index is 352. The first-order chi connectivity index (χ1) is 7.47. The highest BCUT2D eigenvalue weighted by Crippen LogP contribution is 2.37. The maximum atomic E-state index is 13.8. The number of methoxy groups -OCH3 is 1. The van der Waals surface area contributed by atoms with Crippen LogP contribution in [0.4, 0.5) is 4.39 Å². The molecule has 1 aromatic rings. The van der Waals surface area contributed by atoms with E-state index in [2.05, 4.69) is 36.7 Å². The minimum atomic E-state index is -0.214. The monoisotopic (exact) mass is 288 g/mol. The van der Waals surface area contributed by atoms with Gasteiger partial charge in [-0.3, -0.25) is 0 Å².